The van der Waals surface area contributed by atoms with Crippen molar-refractivity contribution in [3.05, 3.63) is 35.5 Å². The molecule has 26 heavy (non-hydrogen) atoms. The zero-order valence-corrected chi connectivity index (χ0v) is 15.5. The fourth-order valence-corrected chi connectivity index (χ4v) is 4.18. The molecule has 9 heteroatoms. The zero-order chi connectivity index (χ0) is 17.9. The van der Waals surface area contributed by atoms with Crippen LogP contribution in [0.15, 0.2) is 35.6 Å². The Bertz CT molecular complexity index is 940. The number of aromatic nitrogens is 5. The number of hydrogen-bond donors (Lipinski definition) is 1. The van der Waals surface area contributed by atoms with Gasteiger partial charge in [0, 0.05) is 11.6 Å². The number of carbonyl (C=O) groups excluding carboxylic acids is 1. The number of halogens is 1. The van der Waals surface area contributed by atoms with Crippen LogP contribution in [-0.4, -0.2) is 36.9 Å². The van der Waals surface area contributed by atoms with Crippen molar-refractivity contribution in [2.24, 2.45) is 0 Å². The van der Waals surface area contributed by atoms with Crippen molar-refractivity contribution in [1.29, 1.82) is 0 Å². The minimum atomic E-state index is -0.122. The van der Waals surface area contributed by atoms with Gasteiger partial charge in [0.2, 0.25) is 11.1 Å². The number of rotatable bonds is 5. The predicted molar refractivity (Wildman–Crippen MR) is 101 cm³/mol. The van der Waals surface area contributed by atoms with Crippen molar-refractivity contribution in [3.8, 4) is 0 Å². The molecule has 1 aliphatic rings. The molecule has 1 amide bonds. The Morgan fingerprint density at radius 1 is 1.31 bits per heavy atom. The average molecular weight is 389 g/mol. The summed E-state index contributed by atoms with van der Waals surface area (Å²) < 4.78 is 1.85. The molecule has 0 saturated heterocycles. The molecule has 0 radical (unpaired) electrons. The Kier molecular flexibility index (Phi) is 5.03. The molecule has 0 spiro atoms. The van der Waals surface area contributed by atoms with E-state index in [-0.39, 0.29) is 11.7 Å². The third-order valence-corrected chi connectivity index (χ3v) is 5.70. The highest BCUT2D eigenvalue weighted by molar-refractivity contribution is 7.99. The Balaban J connectivity index is 1.44. The van der Waals surface area contributed by atoms with Gasteiger partial charge in [-0.1, -0.05) is 36.2 Å². The third-order valence-electron chi connectivity index (χ3n) is 4.46. The molecular formula is C17H17ClN6OS. The highest BCUT2D eigenvalue weighted by Gasteiger charge is 2.22. The number of benzene rings is 1. The molecule has 2 aromatic heterocycles. The monoisotopic (exact) mass is 388 g/mol. The average Bonchev–Trinajstić information content (AvgIpc) is 3.33. The molecule has 0 atom stereocenters. The van der Waals surface area contributed by atoms with Gasteiger partial charge in [-0.3, -0.25) is 9.78 Å². The van der Waals surface area contributed by atoms with Crippen LogP contribution < -0.4 is 5.32 Å². The van der Waals surface area contributed by atoms with Crippen LogP contribution in [0.2, 0.25) is 5.02 Å². The zero-order valence-electron chi connectivity index (χ0n) is 13.9. The van der Waals surface area contributed by atoms with E-state index >= 15 is 0 Å². The van der Waals surface area contributed by atoms with Gasteiger partial charge in [-0.05, 0) is 47.5 Å². The van der Waals surface area contributed by atoms with E-state index in [0.29, 0.717) is 27.4 Å². The minimum absolute atomic E-state index is 0.122. The fourth-order valence-electron chi connectivity index (χ4n) is 3.22. The van der Waals surface area contributed by atoms with Gasteiger partial charge in [0.25, 0.3) is 0 Å². The van der Waals surface area contributed by atoms with Crippen molar-refractivity contribution in [1.82, 2.24) is 25.2 Å². The smallest absolute Gasteiger partial charge is 0.234 e. The van der Waals surface area contributed by atoms with Crippen LogP contribution in [-0.2, 0) is 4.79 Å². The maximum absolute atomic E-state index is 12.4. The fraction of sp³-hybridized carbons (Fsp3) is 0.353. The van der Waals surface area contributed by atoms with Crippen molar-refractivity contribution in [3.63, 3.8) is 0 Å². The Morgan fingerprint density at radius 2 is 2.15 bits per heavy atom. The first-order valence-electron chi connectivity index (χ1n) is 8.46. The van der Waals surface area contributed by atoms with Crippen molar-refractivity contribution in [2.75, 3.05) is 11.1 Å². The van der Waals surface area contributed by atoms with E-state index in [9.17, 15) is 4.79 Å². The van der Waals surface area contributed by atoms with E-state index in [1.807, 2.05) is 16.8 Å². The molecule has 4 rings (SSSR count). The number of hydrogen-bond acceptors (Lipinski definition) is 6. The summed E-state index contributed by atoms with van der Waals surface area (Å²) in [6, 6.07) is 7.58. The topological polar surface area (TPSA) is 85.6 Å². The molecular weight excluding hydrogens is 372 g/mol. The number of nitrogens with zero attached hydrogens (tertiary/aromatic N) is 5. The molecule has 1 aromatic carbocycles. The van der Waals surface area contributed by atoms with Gasteiger partial charge >= 0.3 is 0 Å². The highest BCUT2D eigenvalue weighted by Crippen LogP contribution is 2.32. The standard InChI is InChI=1S/C17H17ClN6OS/c18-13-7-8-14(12-6-3-9-19-16(12)13)20-15(25)10-26-17-21-22-23-24(17)11-4-1-2-5-11/h3,6-9,11H,1-2,4-5,10H2,(H,20,25). The number of nitrogens with one attached hydrogen (secondary N) is 1. The van der Waals surface area contributed by atoms with Gasteiger partial charge in [-0.25, -0.2) is 4.68 Å². The Hall–Kier alpha value is -2.19. The van der Waals surface area contributed by atoms with E-state index in [0.717, 1.165) is 18.2 Å². The first-order chi connectivity index (χ1) is 12.7. The van der Waals surface area contributed by atoms with Crippen molar-refractivity contribution >= 4 is 45.9 Å². The van der Waals surface area contributed by atoms with Crippen LogP contribution in [0.4, 0.5) is 5.69 Å². The molecule has 0 bridgehead atoms. The van der Waals surface area contributed by atoms with E-state index in [1.54, 1.807) is 18.3 Å². The predicted octanol–water partition coefficient (Wildman–Crippen LogP) is 3.72. The summed E-state index contributed by atoms with van der Waals surface area (Å²) in [5.41, 5.74) is 1.36. The van der Waals surface area contributed by atoms with E-state index in [4.69, 9.17) is 11.6 Å². The van der Waals surface area contributed by atoms with Crippen LogP contribution >= 0.6 is 23.4 Å². The lowest BCUT2D eigenvalue weighted by atomic mass is 10.2. The Morgan fingerprint density at radius 3 is 3.00 bits per heavy atom. The first kappa shape index (κ1) is 17.2. The summed E-state index contributed by atoms with van der Waals surface area (Å²) >= 11 is 7.52. The summed E-state index contributed by atoms with van der Waals surface area (Å²) in [7, 11) is 0. The first-order valence-corrected chi connectivity index (χ1v) is 9.82. The third kappa shape index (κ3) is 3.52. The molecule has 3 aromatic rings. The molecule has 134 valence electrons. The molecule has 1 fully saturated rings. The van der Waals surface area contributed by atoms with Gasteiger partial charge in [0.15, 0.2) is 0 Å². The summed E-state index contributed by atoms with van der Waals surface area (Å²) in [4.78, 5) is 16.7. The van der Waals surface area contributed by atoms with Crippen LogP contribution in [0, 0.1) is 0 Å². The number of tetrazole rings is 1. The molecule has 1 N–H and O–H groups in total. The summed E-state index contributed by atoms with van der Waals surface area (Å²) in [5, 5.41) is 16.9. The normalized spacial score (nSPS) is 14.8. The van der Waals surface area contributed by atoms with Gasteiger partial charge in [0.1, 0.15) is 0 Å². The molecule has 2 heterocycles. The van der Waals surface area contributed by atoms with Crippen LogP contribution in [0.5, 0.6) is 0 Å². The van der Waals surface area contributed by atoms with E-state index in [1.165, 1.54) is 24.6 Å². The van der Waals surface area contributed by atoms with Crippen molar-refractivity contribution in [2.45, 2.75) is 36.9 Å². The van der Waals surface area contributed by atoms with Gasteiger partial charge in [-0.2, -0.15) is 0 Å². The number of carbonyl (C=O) groups is 1. The summed E-state index contributed by atoms with van der Waals surface area (Å²) in [6.45, 7) is 0. The number of anilines is 1. The number of amides is 1. The molecule has 0 unspecified atom stereocenters. The summed E-state index contributed by atoms with van der Waals surface area (Å²) in [5.74, 6) is 0.112. The maximum atomic E-state index is 12.4. The van der Waals surface area contributed by atoms with Gasteiger partial charge in [-0.15, -0.1) is 5.10 Å². The minimum Gasteiger partial charge on any atom is -0.325 e. The second kappa shape index (κ2) is 7.59. The van der Waals surface area contributed by atoms with Crippen LogP contribution in [0.25, 0.3) is 10.9 Å². The largest absolute Gasteiger partial charge is 0.325 e. The number of thioether (sulfide) groups is 1. The number of fused-ring (bicyclic) bond motifs is 1. The van der Waals surface area contributed by atoms with Crippen molar-refractivity contribution < 1.29 is 4.79 Å². The molecule has 1 saturated carbocycles. The molecule has 1 aliphatic carbocycles. The van der Waals surface area contributed by atoms with Crippen LogP contribution in [0.3, 0.4) is 0 Å². The lowest BCUT2D eigenvalue weighted by Crippen LogP contribution is -2.15. The quantitative estimate of drug-likeness (QED) is 0.670. The highest BCUT2D eigenvalue weighted by atomic mass is 35.5. The molecule has 7 nitrogen and oxygen atoms in total. The van der Waals surface area contributed by atoms with E-state index in [2.05, 4.69) is 25.8 Å². The van der Waals surface area contributed by atoms with Crippen LogP contribution in [0.1, 0.15) is 31.7 Å². The van der Waals surface area contributed by atoms with Gasteiger partial charge < -0.3 is 5.32 Å². The lowest BCUT2D eigenvalue weighted by Gasteiger charge is -2.11. The second-order valence-electron chi connectivity index (χ2n) is 6.18. The SMILES string of the molecule is O=C(CSc1nnnn1C1CCCC1)Nc1ccc(Cl)c2ncccc12. The maximum Gasteiger partial charge on any atom is 0.234 e. The summed E-state index contributed by atoms with van der Waals surface area (Å²) in [6.07, 6.45) is 6.27. The number of pyridine rings is 1. The second-order valence-corrected chi connectivity index (χ2v) is 7.53. The Labute approximate surface area is 159 Å². The van der Waals surface area contributed by atoms with Gasteiger partial charge in [0.05, 0.1) is 28.0 Å². The lowest BCUT2D eigenvalue weighted by molar-refractivity contribution is -0.113. The van der Waals surface area contributed by atoms with E-state index < -0.39 is 0 Å². The molecule has 0 aliphatic heterocycles.